The Morgan fingerprint density at radius 3 is 2.20 bits per heavy atom. The van der Waals surface area contributed by atoms with E-state index in [2.05, 4.69) is 10.6 Å². The molecule has 2 aromatic rings. The third-order valence-corrected chi connectivity index (χ3v) is 3.79. The van der Waals surface area contributed by atoms with Gasteiger partial charge in [-0.3, -0.25) is 9.59 Å². The summed E-state index contributed by atoms with van der Waals surface area (Å²) in [4.78, 5) is 24.3. The van der Waals surface area contributed by atoms with Crippen molar-refractivity contribution in [3.8, 4) is 0 Å². The van der Waals surface area contributed by atoms with Crippen molar-refractivity contribution < 1.29 is 9.59 Å². The summed E-state index contributed by atoms with van der Waals surface area (Å²) in [5.74, 6) is -0.431. The Kier molecular flexibility index (Phi) is 7.61. The Hall–Kier alpha value is -2.37. The average Bonchev–Trinajstić information content (AvgIpc) is 2.61. The predicted molar refractivity (Wildman–Crippen MR) is 103 cm³/mol. The molecule has 1 unspecified atom stereocenters. The largest absolute Gasteiger partial charge is 0.352 e. The third-order valence-electron chi connectivity index (χ3n) is 3.79. The number of nitrogens with two attached hydrogens (primary N) is 1. The van der Waals surface area contributed by atoms with Crippen molar-refractivity contribution in [1.82, 2.24) is 5.32 Å². The lowest BCUT2D eigenvalue weighted by Crippen LogP contribution is -2.45. The molecule has 4 N–H and O–H groups in total. The van der Waals surface area contributed by atoms with Crippen LogP contribution in [-0.4, -0.2) is 18.4 Å². The van der Waals surface area contributed by atoms with Crippen molar-refractivity contribution >= 4 is 29.9 Å². The molecule has 6 heteroatoms. The number of amides is 2. The molecule has 0 saturated heterocycles. The van der Waals surface area contributed by atoms with Crippen molar-refractivity contribution in [2.75, 3.05) is 11.9 Å². The van der Waals surface area contributed by atoms with Gasteiger partial charge in [-0.05, 0) is 43.2 Å². The van der Waals surface area contributed by atoms with Crippen molar-refractivity contribution in [2.45, 2.75) is 25.8 Å². The van der Waals surface area contributed by atoms with Crippen molar-refractivity contribution in [3.05, 3.63) is 65.7 Å². The summed E-state index contributed by atoms with van der Waals surface area (Å²) < 4.78 is 0. The van der Waals surface area contributed by atoms with Crippen LogP contribution in [0.1, 0.15) is 36.2 Å². The van der Waals surface area contributed by atoms with Crippen LogP contribution in [0.3, 0.4) is 0 Å². The Labute approximate surface area is 154 Å². The van der Waals surface area contributed by atoms with Gasteiger partial charge in [0, 0.05) is 17.8 Å². The van der Waals surface area contributed by atoms with Gasteiger partial charge in [-0.2, -0.15) is 0 Å². The van der Waals surface area contributed by atoms with Gasteiger partial charge < -0.3 is 16.4 Å². The third kappa shape index (κ3) is 5.31. The monoisotopic (exact) mass is 361 g/mol. The number of hydrogen-bond donors (Lipinski definition) is 3. The molecule has 0 fully saturated rings. The molecule has 0 bridgehead atoms. The zero-order valence-electron chi connectivity index (χ0n) is 14.4. The quantitative estimate of drug-likeness (QED) is 0.739. The molecule has 0 heterocycles. The summed E-state index contributed by atoms with van der Waals surface area (Å²) >= 11 is 0. The molecular formula is C19H24ClN3O2. The minimum absolute atomic E-state index is 0. The van der Waals surface area contributed by atoms with Crippen LogP contribution >= 0.6 is 12.4 Å². The van der Waals surface area contributed by atoms with Gasteiger partial charge in [-0.25, -0.2) is 0 Å². The molecule has 2 amide bonds. The summed E-state index contributed by atoms with van der Waals surface area (Å²) in [6.45, 7) is 4.31. The second-order valence-corrected chi connectivity index (χ2v) is 5.86. The molecule has 0 saturated carbocycles. The second-order valence-electron chi connectivity index (χ2n) is 5.86. The normalized spacial score (nSPS) is 12.4. The maximum atomic E-state index is 12.5. The number of nitrogens with one attached hydrogen (secondary N) is 2. The van der Waals surface area contributed by atoms with Gasteiger partial charge in [0.25, 0.3) is 5.91 Å². The van der Waals surface area contributed by atoms with Gasteiger partial charge >= 0.3 is 0 Å². The topological polar surface area (TPSA) is 84.2 Å². The molecular weight excluding hydrogens is 338 g/mol. The van der Waals surface area contributed by atoms with E-state index in [1.54, 1.807) is 31.2 Å². The first-order valence-electron chi connectivity index (χ1n) is 7.99. The van der Waals surface area contributed by atoms with Crippen LogP contribution in [0.2, 0.25) is 0 Å². The predicted octanol–water partition coefficient (Wildman–Crippen LogP) is 3.06. The van der Waals surface area contributed by atoms with E-state index in [4.69, 9.17) is 5.73 Å². The van der Waals surface area contributed by atoms with E-state index in [9.17, 15) is 9.59 Å². The molecule has 0 aromatic heterocycles. The number of anilines is 1. The van der Waals surface area contributed by atoms with Crippen LogP contribution in [0.15, 0.2) is 54.6 Å². The molecule has 1 atom stereocenters. The van der Waals surface area contributed by atoms with Crippen molar-refractivity contribution in [3.63, 3.8) is 0 Å². The summed E-state index contributed by atoms with van der Waals surface area (Å²) in [5, 5.41) is 5.60. The van der Waals surface area contributed by atoms with Gasteiger partial charge in [-0.1, -0.05) is 37.3 Å². The number of carbonyl (C=O) groups excluding carboxylic acids is 2. The lowest BCUT2D eigenvalue weighted by Gasteiger charge is -2.24. The van der Waals surface area contributed by atoms with Gasteiger partial charge in [-0.15, -0.1) is 12.4 Å². The Bertz CT molecular complexity index is 700. The standard InChI is InChI=1S/C19H23N3O2.ClH/c1-3-13-21-17(23)14-9-11-16(12-10-14)22-18(24)19(2,20)15-7-5-4-6-8-15;/h4-12H,3,13,20H2,1-2H3,(H,21,23)(H,22,24);1H. The fourth-order valence-corrected chi connectivity index (χ4v) is 2.22. The van der Waals surface area contributed by atoms with Crippen LogP contribution in [0.4, 0.5) is 5.69 Å². The van der Waals surface area contributed by atoms with Gasteiger partial charge in [0.15, 0.2) is 0 Å². The first-order chi connectivity index (χ1) is 11.4. The summed E-state index contributed by atoms with van der Waals surface area (Å²) in [6, 6.07) is 15.9. The van der Waals surface area contributed by atoms with Crippen molar-refractivity contribution in [1.29, 1.82) is 0 Å². The Morgan fingerprint density at radius 1 is 1.04 bits per heavy atom. The highest BCUT2D eigenvalue weighted by atomic mass is 35.5. The number of hydrogen-bond acceptors (Lipinski definition) is 3. The van der Waals surface area contributed by atoms with E-state index in [0.717, 1.165) is 12.0 Å². The van der Waals surface area contributed by atoms with E-state index in [1.165, 1.54) is 0 Å². The molecule has 134 valence electrons. The highest BCUT2D eigenvalue weighted by Gasteiger charge is 2.30. The van der Waals surface area contributed by atoms with Crippen LogP contribution < -0.4 is 16.4 Å². The lowest BCUT2D eigenvalue weighted by atomic mass is 9.92. The second kappa shape index (κ2) is 9.20. The first kappa shape index (κ1) is 20.7. The number of benzene rings is 2. The summed E-state index contributed by atoms with van der Waals surface area (Å²) in [5.41, 5.74) is 6.93. The van der Waals surface area contributed by atoms with Crippen LogP contribution in [0.25, 0.3) is 0 Å². The van der Waals surface area contributed by atoms with E-state index in [1.807, 2.05) is 37.3 Å². The lowest BCUT2D eigenvalue weighted by molar-refractivity contribution is -0.120. The SMILES string of the molecule is CCCNC(=O)c1ccc(NC(=O)C(C)(N)c2ccccc2)cc1.Cl. The number of halogens is 1. The maximum absolute atomic E-state index is 12.5. The molecule has 5 nitrogen and oxygen atoms in total. The molecule has 2 rings (SSSR count). The molecule has 0 aliphatic rings. The smallest absolute Gasteiger partial charge is 0.251 e. The van der Waals surface area contributed by atoms with E-state index >= 15 is 0 Å². The maximum Gasteiger partial charge on any atom is 0.251 e. The Morgan fingerprint density at radius 2 is 1.64 bits per heavy atom. The zero-order valence-corrected chi connectivity index (χ0v) is 15.2. The molecule has 2 aromatic carbocycles. The van der Waals surface area contributed by atoms with E-state index < -0.39 is 5.54 Å². The van der Waals surface area contributed by atoms with Gasteiger partial charge in [0.2, 0.25) is 5.91 Å². The minimum atomic E-state index is -1.14. The fourth-order valence-electron chi connectivity index (χ4n) is 2.22. The fraction of sp³-hybridized carbons (Fsp3) is 0.263. The van der Waals surface area contributed by atoms with Crippen molar-refractivity contribution in [2.24, 2.45) is 5.73 Å². The van der Waals surface area contributed by atoms with Gasteiger partial charge in [0.05, 0.1) is 0 Å². The van der Waals surface area contributed by atoms with E-state index in [-0.39, 0.29) is 24.2 Å². The van der Waals surface area contributed by atoms with Crippen LogP contribution in [-0.2, 0) is 10.3 Å². The number of rotatable bonds is 6. The molecule has 0 aliphatic heterocycles. The summed E-state index contributed by atoms with van der Waals surface area (Å²) in [6.07, 6.45) is 0.883. The van der Waals surface area contributed by atoms with Crippen LogP contribution in [0, 0.1) is 0 Å². The van der Waals surface area contributed by atoms with E-state index in [0.29, 0.717) is 17.8 Å². The first-order valence-corrected chi connectivity index (χ1v) is 7.99. The minimum Gasteiger partial charge on any atom is -0.352 e. The zero-order chi connectivity index (χ0) is 17.6. The molecule has 0 aliphatic carbocycles. The molecule has 25 heavy (non-hydrogen) atoms. The average molecular weight is 362 g/mol. The summed E-state index contributed by atoms with van der Waals surface area (Å²) in [7, 11) is 0. The van der Waals surface area contributed by atoms with Crippen LogP contribution in [0.5, 0.6) is 0 Å². The molecule has 0 spiro atoms. The highest BCUT2D eigenvalue weighted by Crippen LogP contribution is 2.20. The highest BCUT2D eigenvalue weighted by molar-refractivity contribution is 5.99. The number of carbonyl (C=O) groups is 2. The van der Waals surface area contributed by atoms with Gasteiger partial charge in [0.1, 0.15) is 5.54 Å². The Balaban J connectivity index is 0.00000312. The molecule has 0 radical (unpaired) electrons.